The molecule has 2 aliphatic heterocycles. The van der Waals surface area contributed by atoms with Crippen molar-refractivity contribution in [3.05, 3.63) is 106 Å². The molecule has 3 nitrogen and oxygen atoms in total. The number of benzene rings is 3. The second-order valence-electron chi connectivity index (χ2n) is 10.6. The van der Waals surface area contributed by atoms with Crippen LogP contribution in [0.5, 0.6) is 0 Å². The Morgan fingerprint density at radius 1 is 0.806 bits per heavy atom. The normalized spacial score (nSPS) is 17.5. The predicted octanol–water partition coefficient (Wildman–Crippen LogP) is 6.65. The highest BCUT2D eigenvalue weighted by Crippen LogP contribution is 2.26. The Morgan fingerprint density at radius 3 is 2.31 bits per heavy atom. The monoisotopic (exact) mass is 484 g/mol. The summed E-state index contributed by atoms with van der Waals surface area (Å²) in [7, 11) is 0. The smallest absolute Gasteiger partial charge is 0.162 e. The van der Waals surface area contributed by atoms with Gasteiger partial charge >= 0.3 is 0 Å². The molecule has 3 aromatic rings. The predicted molar refractivity (Wildman–Crippen MR) is 143 cm³/mol. The van der Waals surface area contributed by atoms with Crippen LogP contribution >= 0.6 is 0 Å². The Bertz CT molecular complexity index is 1140. The van der Waals surface area contributed by atoms with E-state index >= 15 is 0 Å². The molecule has 0 atom stereocenters. The van der Waals surface area contributed by atoms with Crippen molar-refractivity contribution in [3.63, 3.8) is 0 Å². The molecule has 0 aliphatic carbocycles. The van der Waals surface area contributed by atoms with Crippen LogP contribution in [0.15, 0.2) is 72.8 Å². The summed E-state index contributed by atoms with van der Waals surface area (Å²) in [6.45, 7) is 5.93. The summed E-state index contributed by atoms with van der Waals surface area (Å²) in [5, 5.41) is 0. The number of aryl methyl sites for hydroxylation is 1. The molecule has 36 heavy (non-hydrogen) atoms. The second-order valence-corrected chi connectivity index (χ2v) is 10.6. The van der Waals surface area contributed by atoms with Gasteiger partial charge in [0.15, 0.2) is 5.78 Å². The van der Waals surface area contributed by atoms with Crippen LogP contribution in [0.3, 0.4) is 0 Å². The van der Waals surface area contributed by atoms with E-state index in [1.807, 2.05) is 18.2 Å². The highest BCUT2D eigenvalue weighted by atomic mass is 19.1. The highest BCUT2D eigenvalue weighted by Gasteiger charge is 2.21. The first-order valence-corrected chi connectivity index (χ1v) is 13.5. The molecule has 5 rings (SSSR count). The van der Waals surface area contributed by atoms with Gasteiger partial charge in [-0.1, -0.05) is 54.6 Å². The molecule has 188 valence electrons. The summed E-state index contributed by atoms with van der Waals surface area (Å²) in [6.07, 6.45) is 6.15. The number of hydrogen-bond donors (Lipinski definition) is 0. The molecule has 0 N–H and O–H groups in total. The van der Waals surface area contributed by atoms with Crippen molar-refractivity contribution < 1.29 is 9.18 Å². The van der Waals surface area contributed by atoms with E-state index in [2.05, 4.69) is 52.3 Å². The highest BCUT2D eigenvalue weighted by molar-refractivity contribution is 5.96. The number of ketones is 1. The van der Waals surface area contributed by atoms with E-state index in [0.717, 1.165) is 69.7 Å². The average molecular weight is 485 g/mol. The Labute approximate surface area is 214 Å². The van der Waals surface area contributed by atoms with Crippen molar-refractivity contribution >= 4 is 5.78 Å². The molecule has 0 unspecified atom stereocenters. The molecule has 0 spiro atoms. The standard InChI is InChI=1S/C32H37FN2O/c33-31-13-8-27(9-14-31)23-35-18-4-7-28-11-12-29(21-30(28)24-35)32(36)15-10-25-16-19-34(20-17-25)22-26-5-2-1-3-6-26/h1-3,5-6,8-9,11-14,21,25H,4,7,10,15-20,22-24H2. The van der Waals surface area contributed by atoms with Gasteiger partial charge < -0.3 is 0 Å². The number of likely N-dealkylation sites (tertiary alicyclic amines) is 1. The first-order valence-electron chi connectivity index (χ1n) is 13.5. The van der Waals surface area contributed by atoms with Gasteiger partial charge in [-0.15, -0.1) is 0 Å². The van der Waals surface area contributed by atoms with Crippen molar-refractivity contribution in [2.75, 3.05) is 19.6 Å². The molecule has 3 aromatic carbocycles. The number of fused-ring (bicyclic) bond motifs is 1. The molecule has 0 bridgehead atoms. The lowest BCUT2D eigenvalue weighted by atomic mass is 9.89. The van der Waals surface area contributed by atoms with Gasteiger partial charge in [-0.3, -0.25) is 14.6 Å². The first kappa shape index (κ1) is 24.9. The van der Waals surface area contributed by atoms with Crippen LogP contribution in [0.25, 0.3) is 0 Å². The zero-order valence-electron chi connectivity index (χ0n) is 21.2. The Hall–Kier alpha value is -2.82. The summed E-state index contributed by atoms with van der Waals surface area (Å²) in [4.78, 5) is 18.1. The Balaban J connectivity index is 1.12. The number of Topliss-reactive ketones (excluding diaryl/α,β-unsaturated/α-hetero) is 1. The minimum absolute atomic E-state index is 0.194. The number of carbonyl (C=O) groups is 1. The van der Waals surface area contributed by atoms with Crippen LogP contribution in [0.1, 0.15) is 64.7 Å². The van der Waals surface area contributed by atoms with Crippen molar-refractivity contribution in [2.24, 2.45) is 5.92 Å². The SMILES string of the molecule is O=C(CCC1CCN(Cc2ccccc2)CC1)c1ccc2c(c1)CN(Cc1ccc(F)cc1)CCC2. The lowest BCUT2D eigenvalue weighted by Gasteiger charge is -2.32. The third kappa shape index (κ3) is 6.68. The van der Waals surface area contributed by atoms with Gasteiger partial charge in [0.2, 0.25) is 0 Å². The van der Waals surface area contributed by atoms with Crippen molar-refractivity contribution in [3.8, 4) is 0 Å². The van der Waals surface area contributed by atoms with Crippen LogP contribution in [0.2, 0.25) is 0 Å². The largest absolute Gasteiger partial charge is 0.299 e. The van der Waals surface area contributed by atoms with Crippen molar-refractivity contribution in [2.45, 2.75) is 58.2 Å². The van der Waals surface area contributed by atoms with Gasteiger partial charge in [-0.05, 0) is 98.1 Å². The lowest BCUT2D eigenvalue weighted by molar-refractivity contribution is 0.0961. The average Bonchev–Trinajstić information content (AvgIpc) is 3.11. The van der Waals surface area contributed by atoms with E-state index in [4.69, 9.17) is 0 Å². The quantitative estimate of drug-likeness (QED) is 0.335. The zero-order chi connectivity index (χ0) is 24.7. The zero-order valence-corrected chi connectivity index (χ0v) is 21.2. The van der Waals surface area contributed by atoms with Crippen LogP contribution < -0.4 is 0 Å². The van der Waals surface area contributed by atoms with Crippen molar-refractivity contribution in [1.29, 1.82) is 0 Å². The van der Waals surface area contributed by atoms with Crippen LogP contribution in [0, 0.1) is 11.7 Å². The fraction of sp³-hybridized carbons (Fsp3) is 0.406. The summed E-state index contributed by atoms with van der Waals surface area (Å²) in [6, 6.07) is 23.9. The van der Waals surface area contributed by atoms with E-state index in [1.165, 1.54) is 41.7 Å². The lowest BCUT2D eigenvalue weighted by Crippen LogP contribution is -2.33. The summed E-state index contributed by atoms with van der Waals surface area (Å²) < 4.78 is 13.3. The van der Waals surface area contributed by atoms with Gasteiger partial charge in [-0.2, -0.15) is 0 Å². The number of piperidine rings is 1. The first-order chi connectivity index (χ1) is 17.6. The molecular formula is C32H37FN2O. The molecule has 0 amide bonds. The number of rotatable bonds is 8. The fourth-order valence-electron chi connectivity index (χ4n) is 5.74. The minimum Gasteiger partial charge on any atom is -0.299 e. The molecule has 2 aliphatic rings. The molecule has 1 saturated heterocycles. The third-order valence-electron chi connectivity index (χ3n) is 7.90. The summed E-state index contributed by atoms with van der Waals surface area (Å²) >= 11 is 0. The number of carbonyl (C=O) groups excluding carboxylic acids is 1. The van der Waals surface area contributed by atoms with E-state index in [-0.39, 0.29) is 11.6 Å². The Kier molecular flexibility index (Phi) is 8.25. The minimum atomic E-state index is -0.194. The number of nitrogens with zero attached hydrogens (tertiary/aromatic N) is 2. The van der Waals surface area contributed by atoms with Gasteiger partial charge in [0.25, 0.3) is 0 Å². The summed E-state index contributed by atoms with van der Waals surface area (Å²) in [5.41, 5.74) is 6.00. The van der Waals surface area contributed by atoms with E-state index in [0.29, 0.717) is 12.3 Å². The number of hydrogen-bond acceptors (Lipinski definition) is 3. The fourth-order valence-corrected chi connectivity index (χ4v) is 5.74. The Morgan fingerprint density at radius 2 is 1.53 bits per heavy atom. The molecule has 0 radical (unpaired) electrons. The van der Waals surface area contributed by atoms with Crippen LogP contribution in [-0.2, 0) is 26.1 Å². The van der Waals surface area contributed by atoms with E-state index in [9.17, 15) is 9.18 Å². The molecule has 2 heterocycles. The maximum absolute atomic E-state index is 13.3. The van der Waals surface area contributed by atoms with Gasteiger partial charge in [0.05, 0.1) is 0 Å². The maximum Gasteiger partial charge on any atom is 0.162 e. The van der Waals surface area contributed by atoms with E-state index in [1.54, 1.807) is 0 Å². The molecule has 0 aromatic heterocycles. The molecule has 4 heteroatoms. The molecule has 1 fully saturated rings. The van der Waals surface area contributed by atoms with Gasteiger partial charge in [-0.25, -0.2) is 4.39 Å². The molecular weight excluding hydrogens is 447 g/mol. The summed E-state index contributed by atoms with van der Waals surface area (Å²) in [5.74, 6) is 0.729. The molecule has 0 saturated carbocycles. The number of halogens is 1. The third-order valence-corrected chi connectivity index (χ3v) is 7.90. The van der Waals surface area contributed by atoms with Gasteiger partial charge in [0, 0.05) is 31.6 Å². The van der Waals surface area contributed by atoms with Crippen LogP contribution in [-0.4, -0.2) is 35.2 Å². The topological polar surface area (TPSA) is 23.6 Å². The van der Waals surface area contributed by atoms with Crippen molar-refractivity contribution in [1.82, 2.24) is 9.80 Å². The second kappa shape index (κ2) is 11.9. The maximum atomic E-state index is 13.3. The van der Waals surface area contributed by atoms with Crippen LogP contribution in [0.4, 0.5) is 4.39 Å². The van der Waals surface area contributed by atoms with E-state index < -0.39 is 0 Å². The van der Waals surface area contributed by atoms with Gasteiger partial charge in [0.1, 0.15) is 5.82 Å².